The molecular weight excluding hydrogens is 228 g/mol. The van der Waals surface area contributed by atoms with Crippen LogP contribution in [0.2, 0.25) is 0 Å². The lowest BCUT2D eigenvalue weighted by Gasteiger charge is -2.18. The van der Waals surface area contributed by atoms with Gasteiger partial charge in [-0.3, -0.25) is 4.98 Å². The molecule has 0 aliphatic heterocycles. The van der Waals surface area contributed by atoms with Gasteiger partial charge in [-0.05, 0) is 42.3 Å². The third-order valence-corrected chi connectivity index (χ3v) is 4.43. The minimum atomic E-state index is 0.199. The average Bonchev–Trinajstić information content (AvgIpc) is 2.96. The molecular formula is C14H16N2S. The Balaban J connectivity index is 1.78. The first-order valence-electron chi connectivity index (χ1n) is 6.06. The Hall–Kier alpha value is -1.19. The fourth-order valence-electron chi connectivity index (χ4n) is 2.66. The summed E-state index contributed by atoms with van der Waals surface area (Å²) in [6.45, 7) is 0. The van der Waals surface area contributed by atoms with Gasteiger partial charge in [-0.1, -0.05) is 12.1 Å². The Kier molecular flexibility index (Phi) is 2.95. The molecule has 17 heavy (non-hydrogen) atoms. The van der Waals surface area contributed by atoms with Gasteiger partial charge >= 0.3 is 0 Å². The van der Waals surface area contributed by atoms with Gasteiger partial charge in [-0.2, -0.15) is 0 Å². The highest BCUT2D eigenvalue weighted by Gasteiger charge is 2.28. The number of thiophene rings is 1. The number of rotatable bonds is 3. The molecule has 2 heterocycles. The molecule has 3 heteroatoms. The van der Waals surface area contributed by atoms with E-state index in [1.807, 2.05) is 12.3 Å². The van der Waals surface area contributed by atoms with Gasteiger partial charge in [0.2, 0.25) is 0 Å². The van der Waals surface area contributed by atoms with E-state index in [2.05, 4.69) is 28.6 Å². The molecule has 0 saturated heterocycles. The van der Waals surface area contributed by atoms with Crippen LogP contribution in [-0.4, -0.2) is 11.0 Å². The summed E-state index contributed by atoms with van der Waals surface area (Å²) in [5.41, 5.74) is 8.97. The molecule has 1 aliphatic rings. The smallest absolute Gasteiger partial charge is 0.0482 e. The molecule has 0 saturated carbocycles. The zero-order valence-electron chi connectivity index (χ0n) is 9.67. The molecule has 2 unspecified atom stereocenters. The maximum atomic E-state index is 6.35. The first-order chi connectivity index (χ1) is 8.34. The quantitative estimate of drug-likeness (QED) is 0.901. The second kappa shape index (κ2) is 4.59. The second-order valence-corrected chi connectivity index (χ2v) is 5.67. The van der Waals surface area contributed by atoms with Crippen molar-refractivity contribution in [1.82, 2.24) is 4.98 Å². The predicted molar refractivity (Wildman–Crippen MR) is 71.3 cm³/mol. The second-order valence-electron chi connectivity index (χ2n) is 4.64. The van der Waals surface area contributed by atoms with Gasteiger partial charge in [0.15, 0.2) is 0 Å². The summed E-state index contributed by atoms with van der Waals surface area (Å²) >= 11 is 1.79. The van der Waals surface area contributed by atoms with Crippen molar-refractivity contribution < 1.29 is 0 Å². The number of nitrogens with zero attached hydrogens (tertiary/aromatic N) is 1. The van der Waals surface area contributed by atoms with Crippen molar-refractivity contribution in [3.63, 3.8) is 0 Å². The monoisotopic (exact) mass is 244 g/mol. The minimum absolute atomic E-state index is 0.199. The fourth-order valence-corrected chi connectivity index (χ4v) is 3.44. The maximum absolute atomic E-state index is 6.35. The van der Waals surface area contributed by atoms with E-state index in [-0.39, 0.29) is 6.04 Å². The molecule has 2 aromatic rings. The SMILES string of the molecule is NC(Cc1cccs1)C1CCc2cccnc21. The predicted octanol–water partition coefficient (Wildman–Crippen LogP) is 2.74. The summed E-state index contributed by atoms with van der Waals surface area (Å²) in [7, 11) is 0. The largest absolute Gasteiger partial charge is 0.327 e. The van der Waals surface area contributed by atoms with E-state index in [1.54, 1.807) is 11.3 Å². The Labute approximate surface area is 106 Å². The van der Waals surface area contributed by atoms with E-state index in [4.69, 9.17) is 5.73 Å². The first-order valence-corrected chi connectivity index (χ1v) is 6.94. The molecule has 0 amide bonds. The van der Waals surface area contributed by atoms with Crippen LogP contribution < -0.4 is 5.73 Å². The van der Waals surface area contributed by atoms with Crippen LogP contribution in [0.25, 0.3) is 0 Å². The van der Waals surface area contributed by atoms with Gasteiger partial charge in [-0.25, -0.2) is 0 Å². The molecule has 3 rings (SSSR count). The highest BCUT2D eigenvalue weighted by Crippen LogP contribution is 2.34. The Morgan fingerprint density at radius 1 is 1.41 bits per heavy atom. The van der Waals surface area contributed by atoms with Crippen LogP contribution in [0.15, 0.2) is 35.8 Å². The van der Waals surface area contributed by atoms with Gasteiger partial charge in [0, 0.05) is 28.7 Å². The highest BCUT2D eigenvalue weighted by molar-refractivity contribution is 7.09. The number of aromatic nitrogens is 1. The maximum Gasteiger partial charge on any atom is 0.0482 e. The van der Waals surface area contributed by atoms with Crippen molar-refractivity contribution >= 4 is 11.3 Å². The summed E-state index contributed by atoms with van der Waals surface area (Å²) in [5, 5.41) is 2.11. The normalized spacial score (nSPS) is 20.2. The topological polar surface area (TPSA) is 38.9 Å². The average molecular weight is 244 g/mol. The van der Waals surface area contributed by atoms with Crippen LogP contribution >= 0.6 is 11.3 Å². The number of hydrogen-bond acceptors (Lipinski definition) is 3. The molecule has 2 N–H and O–H groups in total. The number of nitrogens with two attached hydrogens (primary N) is 1. The zero-order valence-corrected chi connectivity index (χ0v) is 10.5. The van der Waals surface area contributed by atoms with Crippen LogP contribution in [0.4, 0.5) is 0 Å². The van der Waals surface area contributed by atoms with Crippen molar-refractivity contribution in [2.75, 3.05) is 0 Å². The van der Waals surface area contributed by atoms with Crippen molar-refractivity contribution in [2.24, 2.45) is 5.73 Å². The standard InChI is InChI=1S/C14H16N2S/c15-13(9-11-4-2-8-17-11)12-6-5-10-3-1-7-16-14(10)12/h1-4,7-8,12-13H,5-6,9,15H2. The van der Waals surface area contributed by atoms with Crippen molar-refractivity contribution in [3.05, 3.63) is 52.0 Å². The molecule has 0 fully saturated rings. The van der Waals surface area contributed by atoms with E-state index in [0.29, 0.717) is 5.92 Å². The summed E-state index contributed by atoms with van der Waals surface area (Å²) in [4.78, 5) is 5.89. The fraction of sp³-hybridized carbons (Fsp3) is 0.357. The molecule has 88 valence electrons. The molecule has 0 aromatic carbocycles. The van der Waals surface area contributed by atoms with E-state index in [1.165, 1.54) is 16.1 Å². The van der Waals surface area contributed by atoms with Crippen LogP contribution in [0.3, 0.4) is 0 Å². The van der Waals surface area contributed by atoms with Crippen molar-refractivity contribution in [3.8, 4) is 0 Å². The third-order valence-electron chi connectivity index (χ3n) is 3.54. The summed E-state index contributed by atoms with van der Waals surface area (Å²) in [6.07, 6.45) is 5.14. The number of pyridine rings is 1. The van der Waals surface area contributed by atoms with Gasteiger partial charge in [0.25, 0.3) is 0 Å². The van der Waals surface area contributed by atoms with Gasteiger partial charge in [-0.15, -0.1) is 11.3 Å². The zero-order chi connectivity index (χ0) is 11.7. The number of hydrogen-bond donors (Lipinski definition) is 1. The van der Waals surface area contributed by atoms with Crippen LogP contribution in [0.1, 0.15) is 28.5 Å². The summed E-state index contributed by atoms with van der Waals surface area (Å²) in [5.74, 6) is 0.438. The Morgan fingerprint density at radius 3 is 3.18 bits per heavy atom. The highest BCUT2D eigenvalue weighted by atomic mass is 32.1. The summed E-state index contributed by atoms with van der Waals surface area (Å²) < 4.78 is 0. The van der Waals surface area contributed by atoms with Gasteiger partial charge in [0.05, 0.1) is 0 Å². The molecule has 1 aliphatic carbocycles. The summed E-state index contributed by atoms with van der Waals surface area (Å²) in [6, 6.07) is 8.66. The molecule has 0 spiro atoms. The first kappa shape index (κ1) is 10.9. The third kappa shape index (κ3) is 2.13. The Bertz CT molecular complexity index is 493. The van der Waals surface area contributed by atoms with Crippen molar-refractivity contribution in [1.29, 1.82) is 0 Å². The van der Waals surface area contributed by atoms with Crippen LogP contribution in [0, 0.1) is 0 Å². The lowest BCUT2D eigenvalue weighted by Crippen LogP contribution is -2.29. The lowest BCUT2D eigenvalue weighted by atomic mass is 9.94. The minimum Gasteiger partial charge on any atom is -0.327 e. The van der Waals surface area contributed by atoms with Crippen LogP contribution in [-0.2, 0) is 12.8 Å². The molecule has 2 nitrogen and oxygen atoms in total. The van der Waals surface area contributed by atoms with Crippen molar-refractivity contribution in [2.45, 2.75) is 31.2 Å². The number of fused-ring (bicyclic) bond motifs is 1. The van der Waals surface area contributed by atoms with Gasteiger partial charge in [0.1, 0.15) is 0 Å². The van der Waals surface area contributed by atoms with E-state index < -0.39 is 0 Å². The molecule has 0 bridgehead atoms. The molecule has 2 aromatic heterocycles. The van der Waals surface area contributed by atoms with Gasteiger partial charge < -0.3 is 5.73 Å². The Morgan fingerprint density at radius 2 is 2.35 bits per heavy atom. The number of aryl methyl sites for hydroxylation is 1. The molecule has 0 radical (unpaired) electrons. The van der Waals surface area contributed by atoms with E-state index in [0.717, 1.165) is 19.3 Å². The van der Waals surface area contributed by atoms with E-state index in [9.17, 15) is 0 Å². The van der Waals surface area contributed by atoms with Crippen LogP contribution in [0.5, 0.6) is 0 Å². The van der Waals surface area contributed by atoms with E-state index >= 15 is 0 Å². The molecule has 2 atom stereocenters. The lowest BCUT2D eigenvalue weighted by molar-refractivity contribution is 0.519.